The van der Waals surface area contributed by atoms with Gasteiger partial charge in [-0.05, 0) is 49.4 Å². The molecule has 1 aromatic heterocycles. The number of nitrogens with zero attached hydrogens (tertiary/aromatic N) is 1. The van der Waals surface area contributed by atoms with Crippen LogP contribution in [-0.2, 0) is 5.54 Å². The van der Waals surface area contributed by atoms with E-state index in [0.717, 1.165) is 0 Å². The molecule has 1 nitrogen and oxygen atoms in total. The standard InChI is InChI=1S/C8H12IN/c1-8(2,3)10-5-4-7(9)6-10/h4-6H,1-3H3. The predicted molar refractivity (Wildman–Crippen MR) is 52.1 cm³/mol. The van der Waals surface area contributed by atoms with Gasteiger partial charge in [-0.2, -0.15) is 0 Å². The van der Waals surface area contributed by atoms with Crippen molar-refractivity contribution < 1.29 is 0 Å². The number of halogens is 1. The lowest BCUT2D eigenvalue weighted by Crippen LogP contribution is -2.19. The second-order valence-corrected chi connectivity index (χ2v) is 4.65. The van der Waals surface area contributed by atoms with E-state index < -0.39 is 0 Å². The summed E-state index contributed by atoms with van der Waals surface area (Å²) in [6.07, 6.45) is 4.27. The van der Waals surface area contributed by atoms with Crippen molar-refractivity contribution in [2.75, 3.05) is 0 Å². The van der Waals surface area contributed by atoms with Gasteiger partial charge in [-0.15, -0.1) is 0 Å². The van der Waals surface area contributed by atoms with Gasteiger partial charge in [0.2, 0.25) is 0 Å². The molecular formula is C8H12IN. The van der Waals surface area contributed by atoms with Gasteiger partial charge in [0.15, 0.2) is 0 Å². The normalized spacial score (nSPS) is 12.0. The van der Waals surface area contributed by atoms with Gasteiger partial charge in [0.25, 0.3) is 0 Å². The molecule has 0 saturated heterocycles. The highest BCUT2D eigenvalue weighted by molar-refractivity contribution is 14.1. The molecule has 0 aromatic carbocycles. The molecule has 0 spiro atoms. The van der Waals surface area contributed by atoms with Crippen LogP contribution in [0.2, 0.25) is 0 Å². The molecule has 56 valence electrons. The molecule has 0 unspecified atom stereocenters. The van der Waals surface area contributed by atoms with Crippen LogP contribution in [-0.4, -0.2) is 4.57 Å². The maximum absolute atomic E-state index is 2.32. The van der Waals surface area contributed by atoms with Gasteiger partial charge < -0.3 is 4.57 Å². The summed E-state index contributed by atoms with van der Waals surface area (Å²) in [5.74, 6) is 0. The number of aromatic nitrogens is 1. The van der Waals surface area contributed by atoms with E-state index >= 15 is 0 Å². The first-order valence-corrected chi connectivity index (χ1v) is 4.42. The molecule has 1 aromatic rings. The zero-order valence-electron chi connectivity index (χ0n) is 6.56. The zero-order chi connectivity index (χ0) is 7.78. The van der Waals surface area contributed by atoms with Gasteiger partial charge >= 0.3 is 0 Å². The van der Waals surface area contributed by atoms with Crippen LogP contribution in [0.5, 0.6) is 0 Å². The number of rotatable bonds is 0. The van der Waals surface area contributed by atoms with E-state index in [1.54, 1.807) is 0 Å². The lowest BCUT2D eigenvalue weighted by molar-refractivity contribution is 0.398. The molecule has 0 radical (unpaired) electrons. The molecule has 0 bridgehead atoms. The Kier molecular flexibility index (Phi) is 2.08. The van der Waals surface area contributed by atoms with Crippen molar-refractivity contribution in [2.24, 2.45) is 0 Å². The van der Waals surface area contributed by atoms with Crippen LogP contribution < -0.4 is 0 Å². The summed E-state index contributed by atoms with van der Waals surface area (Å²) in [4.78, 5) is 0. The third-order valence-corrected chi connectivity index (χ3v) is 2.07. The summed E-state index contributed by atoms with van der Waals surface area (Å²) >= 11 is 2.32. The summed E-state index contributed by atoms with van der Waals surface area (Å²) in [7, 11) is 0. The van der Waals surface area contributed by atoms with E-state index in [9.17, 15) is 0 Å². The van der Waals surface area contributed by atoms with Crippen molar-refractivity contribution >= 4 is 22.6 Å². The molecule has 10 heavy (non-hydrogen) atoms. The summed E-state index contributed by atoms with van der Waals surface area (Å²) in [6.45, 7) is 6.59. The van der Waals surface area contributed by atoms with Gasteiger partial charge in [-0.3, -0.25) is 0 Å². The SMILES string of the molecule is CC(C)(C)n1ccc(I)c1. The average molecular weight is 249 g/mol. The Bertz CT molecular complexity index is 219. The van der Waals surface area contributed by atoms with Gasteiger partial charge in [-0.1, -0.05) is 0 Å². The van der Waals surface area contributed by atoms with Crippen molar-refractivity contribution in [3.8, 4) is 0 Å². The summed E-state index contributed by atoms with van der Waals surface area (Å²) < 4.78 is 3.52. The van der Waals surface area contributed by atoms with Crippen LogP contribution in [0.15, 0.2) is 18.5 Å². The monoisotopic (exact) mass is 249 g/mol. The van der Waals surface area contributed by atoms with Crippen molar-refractivity contribution in [1.29, 1.82) is 0 Å². The Labute approximate surface area is 75.6 Å². The minimum atomic E-state index is 0.226. The second kappa shape index (κ2) is 2.57. The topological polar surface area (TPSA) is 4.93 Å². The first-order chi connectivity index (χ1) is 4.50. The second-order valence-electron chi connectivity index (χ2n) is 3.41. The minimum absolute atomic E-state index is 0.226. The number of hydrogen-bond donors (Lipinski definition) is 0. The third-order valence-electron chi connectivity index (χ3n) is 1.43. The van der Waals surface area contributed by atoms with E-state index in [1.165, 1.54) is 3.57 Å². The summed E-state index contributed by atoms with van der Waals surface area (Å²) in [5.41, 5.74) is 0.226. The van der Waals surface area contributed by atoms with E-state index in [0.29, 0.717) is 0 Å². The smallest absolute Gasteiger partial charge is 0.0356 e. The fourth-order valence-corrected chi connectivity index (χ4v) is 1.25. The first-order valence-electron chi connectivity index (χ1n) is 3.34. The molecule has 0 aliphatic rings. The maximum Gasteiger partial charge on any atom is 0.0356 e. The van der Waals surface area contributed by atoms with Crippen molar-refractivity contribution in [1.82, 2.24) is 4.57 Å². The van der Waals surface area contributed by atoms with Crippen LogP contribution in [0.25, 0.3) is 0 Å². The molecule has 0 aliphatic heterocycles. The van der Waals surface area contributed by atoms with Gasteiger partial charge in [0, 0.05) is 21.5 Å². The average Bonchev–Trinajstić information content (AvgIpc) is 2.11. The largest absolute Gasteiger partial charge is 0.348 e. The van der Waals surface area contributed by atoms with Crippen LogP contribution in [0.4, 0.5) is 0 Å². The quantitative estimate of drug-likeness (QED) is 0.623. The zero-order valence-corrected chi connectivity index (χ0v) is 8.71. The Morgan fingerprint density at radius 1 is 1.40 bits per heavy atom. The third kappa shape index (κ3) is 1.75. The van der Waals surface area contributed by atoms with Crippen LogP contribution in [0.3, 0.4) is 0 Å². The molecular weight excluding hydrogens is 237 g/mol. The van der Waals surface area contributed by atoms with Gasteiger partial charge in [0.1, 0.15) is 0 Å². The molecule has 0 amide bonds. The molecule has 0 saturated carbocycles. The molecule has 2 heteroatoms. The summed E-state index contributed by atoms with van der Waals surface area (Å²) in [5, 5.41) is 0. The molecule has 0 atom stereocenters. The van der Waals surface area contributed by atoms with Gasteiger partial charge in [0.05, 0.1) is 0 Å². The lowest BCUT2D eigenvalue weighted by atomic mass is 10.1. The Morgan fingerprint density at radius 3 is 2.20 bits per heavy atom. The van der Waals surface area contributed by atoms with Crippen LogP contribution in [0.1, 0.15) is 20.8 Å². The van der Waals surface area contributed by atoms with E-state index in [-0.39, 0.29) is 5.54 Å². The molecule has 0 N–H and O–H groups in total. The Hall–Kier alpha value is 0.01000. The van der Waals surface area contributed by atoms with Crippen molar-refractivity contribution in [3.63, 3.8) is 0 Å². The Balaban J connectivity index is 2.96. The van der Waals surface area contributed by atoms with E-state index in [1.807, 2.05) is 0 Å². The van der Waals surface area contributed by atoms with Crippen molar-refractivity contribution in [2.45, 2.75) is 26.3 Å². The predicted octanol–water partition coefficient (Wildman–Crippen LogP) is 2.85. The van der Waals surface area contributed by atoms with Crippen LogP contribution in [0, 0.1) is 3.57 Å². The van der Waals surface area contributed by atoms with Crippen LogP contribution >= 0.6 is 22.6 Å². The molecule has 1 heterocycles. The number of hydrogen-bond acceptors (Lipinski definition) is 0. The first kappa shape index (κ1) is 8.11. The fraction of sp³-hybridized carbons (Fsp3) is 0.500. The molecule has 0 aliphatic carbocycles. The lowest BCUT2D eigenvalue weighted by Gasteiger charge is -2.20. The highest BCUT2D eigenvalue weighted by atomic mass is 127. The summed E-state index contributed by atoms with van der Waals surface area (Å²) in [6, 6.07) is 2.12. The Morgan fingerprint density at radius 2 is 2.00 bits per heavy atom. The van der Waals surface area contributed by atoms with E-state index in [2.05, 4.69) is 66.4 Å². The van der Waals surface area contributed by atoms with Gasteiger partial charge in [-0.25, -0.2) is 0 Å². The fourth-order valence-electron chi connectivity index (χ4n) is 0.788. The van der Waals surface area contributed by atoms with Crippen molar-refractivity contribution in [3.05, 3.63) is 22.0 Å². The maximum atomic E-state index is 2.32. The highest BCUT2D eigenvalue weighted by Gasteiger charge is 2.10. The molecule has 1 rings (SSSR count). The van der Waals surface area contributed by atoms with E-state index in [4.69, 9.17) is 0 Å². The highest BCUT2D eigenvalue weighted by Crippen LogP contribution is 2.16. The molecule has 0 fully saturated rings. The minimum Gasteiger partial charge on any atom is -0.348 e.